The number of halogens is 2. The lowest BCUT2D eigenvalue weighted by Crippen LogP contribution is -1.93. The molecular formula is C6H6ClFN2O2. The number of carbonyl (C=O) groups is 1. The number of ether oxygens (including phenoxy) is 1. The van der Waals surface area contributed by atoms with Gasteiger partial charge in [0.25, 0.3) is 6.47 Å². The molecule has 0 saturated heterocycles. The summed E-state index contributed by atoms with van der Waals surface area (Å²) in [4.78, 5) is 9.93. The number of aryl methyl sites for hydroxylation is 1. The van der Waals surface area contributed by atoms with Gasteiger partial charge < -0.3 is 4.74 Å². The number of rotatable bonds is 3. The topological polar surface area (TPSA) is 44.1 Å². The van der Waals surface area contributed by atoms with Gasteiger partial charge in [0.1, 0.15) is 0 Å². The van der Waals surface area contributed by atoms with E-state index in [1.54, 1.807) is 7.05 Å². The van der Waals surface area contributed by atoms with Crippen LogP contribution in [0.1, 0.15) is 11.3 Å². The molecule has 6 heteroatoms. The minimum absolute atomic E-state index is 0.0370. The van der Waals surface area contributed by atoms with E-state index >= 15 is 0 Å². The Balaban J connectivity index is 2.99. The van der Waals surface area contributed by atoms with Gasteiger partial charge in [0.15, 0.2) is 11.4 Å². The van der Waals surface area contributed by atoms with Crippen LogP contribution in [0, 0.1) is 0 Å². The molecule has 0 spiro atoms. The Morgan fingerprint density at radius 2 is 2.58 bits per heavy atom. The molecule has 1 heterocycles. The van der Waals surface area contributed by atoms with Crippen molar-refractivity contribution in [2.75, 3.05) is 0 Å². The summed E-state index contributed by atoms with van der Waals surface area (Å²) in [5, 5.41) is 3.65. The number of aromatic nitrogens is 2. The van der Waals surface area contributed by atoms with Gasteiger partial charge in [-0.05, 0) is 0 Å². The number of carbonyl (C=O) groups excluding carboxylic acids is 1. The lowest BCUT2D eigenvalue weighted by atomic mass is 10.4. The zero-order valence-electron chi connectivity index (χ0n) is 6.20. The van der Waals surface area contributed by atoms with Gasteiger partial charge in [0.05, 0.1) is 6.20 Å². The van der Waals surface area contributed by atoms with Crippen LogP contribution in [0.15, 0.2) is 6.20 Å². The largest absolute Gasteiger partial charge is 0.425 e. The van der Waals surface area contributed by atoms with Crippen molar-refractivity contribution in [3.05, 3.63) is 11.9 Å². The smallest absolute Gasteiger partial charge is 0.298 e. The summed E-state index contributed by atoms with van der Waals surface area (Å²) in [6.07, 6.45) is 1.36. The van der Waals surface area contributed by atoms with Crippen LogP contribution < -0.4 is 4.74 Å². The molecule has 0 amide bonds. The first-order valence-electron chi connectivity index (χ1n) is 3.07. The Morgan fingerprint density at radius 3 is 3.08 bits per heavy atom. The van der Waals surface area contributed by atoms with Gasteiger partial charge in [-0.2, -0.15) is 5.10 Å². The van der Waals surface area contributed by atoms with E-state index in [2.05, 4.69) is 9.84 Å². The highest BCUT2D eigenvalue weighted by molar-refractivity contribution is 6.19. The average Bonchev–Trinajstić information content (AvgIpc) is 2.32. The Kier molecular flexibility index (Phi) is 2.65. The Bertz CT molecular complexity index is 287. The number of hydrogen-bond acceptors (Lipinski definition) is 3. The minimum atomic E-state index is -1.76. The maximum Gasteiger partial charge on any atom is 0.298 e. The first-order valence-corrected chi connectivity index (χ1v) is 3.50. The molecule has 0 aliphatic rings. The van der Waals surface area contributed by atoms with Crippen LogP contribution >= 0.6 is 11.6 Å². The highest BCUT2D eigenvalue weighted by atomic mass is 35.5. The third-order valence-electron chi connectivity index (χ3n) is 1.20. The molecule has 0 aliphatic carbocycles. The van der Waals surface area contributed by atoms with Crippen LogP contribution in [0.2, 0.25) is 0 Å². The maximum absolute atomic E-state index is 12.5. The molecule has 0 aliphatic heterocycles. The Morgan fingerprint density at radius 1 is 1.92 bits per heavy atom. The van der Waals surface area contributed by atoms with Crippen molar-refractivity contribution in [2.45, 2.75) is 5.63 Å². The van der Waals surface area contributed by atoms with Crippen molar-refractivity contribution in [2.24, 2.45) is 7.05 Å². The standard InChI is InChI=1S/C6H6ClFN2O2/c1-10-2-4(12-3-11)5(9-10)6(7)8/h2-3,6H,1H3. The molecule has 66 valence electrons. The fourth-order valence-electron chi connectivity index (χ4n) is 0.778. The normalized spacial score (nSPS) is 12.6. The van der Waals surface area contributed by atoms with Crippen molar-refractivity contribution in [1.29, 1.82) is 0 Å². The van der Waals surface area contributed by atoms with Crippen molar-refractivity contribution in [3.63, 3.8) is 0 Å². The third-order valence-corrected chi connectivity index (χ3v) is 1.41. The predicted molar refractivity (Wildman–Crippen MR) is 39.6 cm³/mol. The summed E-state index contributed by atoms with van der Waals surface area (Å²) in [6.45, 7) is 0.194. The van der Waals surface area contributed by atoms with E-state index in [0.717, 1.165) is 0 Å². The van der Waals surface area contributed by atoms with Gasteiger partial charge in [-0.3, -0.25) is 9.48 Å². The highest BCUT2D eigenvalue weighted by Gasteiger charge is 2.16. The van der Waals surface area contributed by atoms with Crippen molar-refractivity contribution < 1.29 is 13.9 Å². The van der Waals surface area contributed by atoms with E-state index in [1.165, 1.54) is 10.9 Å². The van der Waals surface area contributed by atoms with E-state index in [9.17, 15) is 9.18 Å². The van der Waals surface area contributed by atoms with Crippen LogP contribution in [-0.4, -0.2) is 16.3 Å². The van der Waals surface area contributed by atoms with Crippen LogP contribution in [0.4, 0.5) is 4.39 Å². The molecule has 1 unspecified atom stereocenters. The number of hydrogen-bond donors (Lipinski definition) is 0. The lowest BCUT2D eigenvalue weighted by Gasteiger charge is -1.96. The molecule has 0 radical (unpaired) electrons. The number of nitrogens with zero attached hydrogens (tertiary/aromatic N) is 2. The molecule has 12 heavy (non-hydrogen) atoms. The van der Waals surface area contributed by atoms with Gasteiger partial charge in [-0.15, -0.1) is 0 Å². The van der Waals surface area contributed by atoms with Crippen LogP contribution in [0.5, 0.6) is 5.75 Å². The Hall–Kier alpha value is -1.10. The van der Waals surface area contributed by atoms with Crippen molar-refractivity contribution in [3.8, 4) is 5.75 Å². The van der Waals surface area contributed by atoms with Crippen LogP contribution in [0.25, 0.3) is 0 Å². The number of alkyl halides is 2. The fourth-order valence-corrected chi connectivity index (χ4v) is 0.929. The van der Waals surface area contributed by atoms with E-state index < -0.39 is 5.63 Å². The van der Waals surface area contributed by atoms with Gasteiger partial charge in [0, 0.05) is 7.05 Å². The summed E-state index contributed by atoms with van der Waals surface area (Å²) in [7, 11) is 1.57. The van der Waals surface area contributed by atoms with E-state index in [4.69, 9.17) is 11.6 Å². The predicted octanol–water partition coefficient (Wildman–Crippen LogP) is 1.16. The molecule has 1 aromatic rings. The molecule has 0 aromatic carbocycles. The molecule has 0 fully saturated rings. The zero-order valence-corrected chi connectivity index (χ0v) is 6.95. The van der Waals surface area contributed by atoms with Gasteiger partial charge in [0.2, 0.25) is 5.63 Å². The van der Waals surface area contributed by atoms with E-state index in [0.29, 0.717) is 0 Å². The second-order valence-electron chi connectivity index (χ2n) is 2.07. The first-order chi connectivity index (χ1) is 5.65. The summed E-state index contributed by atoms with van der Waals surface area (Å²) in [5.41, 5.74) is -1.85. The summed E-state index contributed by atoms with van der Waals surface area (Å²) in [6, 6.07) is 0. The summed E-state index contributed by atoms with van der Waals surface area (Å²) >= 11 is 5.12. The molecule has 4 nitrogen and oxygen atoms in total. The highest BCUT2D eigenvalue weighted by Crippen LogP contribution is 2.28. The maximum atomic E-state index is 12.5. The second-order valence-corrected chi connectivity index (χ2v) is 2.45. The monoisotopic (exact) mass is 192 g/mol. The SMILES string of the molecule is Cn1cc(OC=O)c(C(F)Cl)n1. The van der Waals surface area contributed by atoms with E-state index in [-0.39, 0.29) is 17.9 Å². The summed E-state index contributed by atoms with van der Waals surface area (Å²) in [5.74, 6) is 0.0370. The average molecular weight is 193 g/mol. The zero-order chi connectivity index (χ0) is 9.14. The fraction of sp³-hybridized carbons (Fsp3) is 0.333. The van der Waals surface area contributed by atoms with Gasteiger partial charge >= 0.3 is 0 Å². The molecule has 1 rings (SSSR count). The quantitative estimate of drug-likeness (QED) is 0.533. The third kappa shape index (κ3) is 1.73. The molecule has 1 aromatic heterocycles. The first kappa shape index (κ1) is 8.99. The van der Waals surface area contributed by atoms with Crippen LogP contribution in [-0.2, 0) is 11.8 Å². The Labute approximate surface area is 72.9 Å². The van der Waals surface area contributed by atoms with Gasteiger partial charge in [-0.25, -0.2) is 4.39 Å². The van der Waals surface area contributed by atoms with Crippen molar-refractivity contribution in [1.82, 2.24) is 9.78 Å². The summed E-state index contributed by atoms with van der Waals surface area (Å²) < 4.78 is 18.3. The molecule has 0 bridgehead atoms. The van der Waals surface area contributed by atoms with Gasteiger partial charge in [-0.1, -0.05) is 11.6 Å². The molecule has 1 atom stereocenters. The second kappa shape index (κ2) is 3.53. The molecular weight excluding hydrogens is 187 g/mol. The lowest BCUT2D eigenvalue weighted by molar-refractivity contribution is -0.120. The van der Waals surface area contributed by atoms with Crippen LogP contribution in [0.3, 0.4) is 0 Å². The molecule has 0 N–H and O–H groups in total. The van der Waals surface area contributed by atoms with Crippen molar-refractivity contribution >= 4 is 18.1 Å². The van der Waals surface area contributed by atoms with E-state index in [1.807, 2.05) is 0 Å². The molecule has 0 saturated carbocycles. The minimum Gasteiger partial charge on any atom is -0.425 e.